The lowest BCUT2D eigenvalue weighted by molar-refractivity contribution is -0.139. The Morgan fingerprint density at radius 2 is 0.958 bits per heavy atom. The predicted molar refractivity (Wildman–Crippen MR) is 95.0 cm³/mol. The van der Waals surface area contributed by atoms with Gasteiger partial charge < -0.3 is 10.2 Å². The Kier molecular flexibility index (Phi) is 7.75. The third kappa shape index (κ3) is 6.22. The van der Waals surface area contributed by atoms with Crippen molar-refractivity contribution >= 4 is 35.1 Å². The van der Waals surface area contributed by atoms with E-state index in [1.807, 2.05) is 0 Å². The normalized spacial score (nSPS) is 12.5. The summed E-state index contributed by atoms with van der Waals surface area (Å²) in [6, 6.07) is 13.7. The third-order valence-electron chi connectivity index (χ3n) is 3.48. The van der Waals surface area contributed by atoms with Crippen LogP contribution in [0, 0.1) is 0 Å². The second kappa shape index (κ2) is 9.30. The van der Waals surface area contributed by atoms with Gasteiger partial charge >= 0.3 is 11.9 Å². The van der Waals surface area contributed by atoms with Gasteiger partial charge in [0.05, 0.1) is 11.8 Å². The van der Waals surface area contributed by atoms with E-state index in [1.165, 1.54) is 0 Å². The van der Waals surface area contributed by atoms with Crippen LogP contribution in [0.1, 0.15) is 36.8 Å². The fraction of sp³-hybridized carbons (Fsp3) is 0.222. The Balaban J connectivity index is 0.000000240. The third-order valence-corrected chi connectivity index (χ3v) is 3.98. The maximum absolute atomic E-state index is 10.6. The zero-order chi connectivity index (χ0) is 18.3. The molecule has 6 heteroatoms. The zero-order valence-electron chi connectivity index (χ0n) is 13.2. The number of carboxylic acid groups (broad SMARTS) is 2. The summed E-state index contributed by atoms with van der Waals surface area (Å²) in [5, 5.41) is 18.6. The Labute approximate surface area is 150 Å². The van der Waals surface area contributed by atoms with Crippen LogP contribution in [-0.2, 0) is 9.59 Å². The molecule has 24 heavy (non-hydrogen) atoms. The average molecular weight is 369 g/mol. The zero-order valence-corrected chi connectivity index (χ0v) is 14.8. The summed E-state index contributed by atoms with van der Waals surface area (Å²) in [4.78, 5) is 21.1. The number of aliphatic carboxylic acids is 2. The van der Waals surface area contributed by atoms with Crippen molar-refractivity contribution < 1.29 is 19.8 Å². The van der Waals surface area contributed by atoms with Gasteiger partial charge in [0, 0.05) is 10.0 Å². The number of halogens is 2. The van der Waals surface area contributed by atoms with Gasteiger partial charge in [-0.1, -0.05) is 47.5 Å². The maximum Gasteiger partial charge on any atom is 0.310 e. The van der Waals surface area contributed by atoms with E-state index < -0.39 is 23.8 Å². The average Bonchev–Trinajstić information content (AvgIpc) is 2.55. The van der Waals surface area contributed by atoms with Gasteiger partial charge in [0.2, 0.25) is 0 Å². The Hall–Kier alpha value is -2.04. The second-order valence-corrected chi connectivity index (χ2v) is 6.10. The lowest BCUT2D eigenvalue weighted by Gasteiger charge is -2.05. The minimum atomic E-state index is -0.822. The first kappa shape index (κ1) is 20.0. The summed E-state index contributed by atoms with van der Waals surface area (Å²) in [7, 11) is 0. The highest BCUT2D eigenvalue weighted by Crippen LogP contribution is 2.18. The van der Waals surface area contributed by atoms with Gasteiger partial charge in [0.25, 0.3) is 0 Å². The van der Waals surface area contributed by atoms with Crippen LogP contribution in [0.4, 0.5) is 0 Å². The van der Waals surface area contributed by atoms with Crippen molar-refractivity contribution in [1.82, 2.24) is 0 Å². The molecule has 0 saturated heterocycles. The van der Waals surface area contributed by atoms with E-state index in [0.717, 1.165) is 11.1 Å². The van der Waals surface area contributed by atoms with Crippen LogP contribution in [0.15, 0.2) is 48.5 Å². The van der Waals surface area contributed by atoms with E-state index in [2.05, 4.69) is 0 Å². The van der Waals surface area contributed by atoms with Crippen LogP contribution in [0.5, 0.6) is 0 Å². The van der Waals surface area contributed by atoms with Gasteiger partial charge in [-0.2, -0.15) is 0 Å². The highest BCUT2D eigenvalue weighted by atomic mass is 35.5. The molecule has 2 atom stereocenters. The van der Waals surface area contributed by atoms with Crippen LogP contribution < -0.4 is 0 Å². The van der Waals surface area contributed by atoms with E-state index in [0.29, 0.717) is 10.0 Å². The van der Waals surface area contributed by atoms with Crippen molar-refractivity contribution in [2.75, 3.05) is 0 Å². The fourth-order valence-corrected chi connectivity index (χ4v) is 2.04. The quantitative estimate of drug-likeness (QED) is 0.790. The molecule has 0 aliphatic carbocycles. The van der Waals surface area contributed by atoms with E-state index in [-0.39, 0.29) is 0 Å². The molecular weight excluding hydrogens is 351 g/mol. The topological polar surface area (TPSA) is 74.6 Å². The molecule has 0 heterocycles. The molecule has 2 aromatic rings. The van der Waals surface area contributed by atoms with Crippen molar-refractivity contribution in [2.24, 2.45) is 0 Å². The smallest absolute Gasteiger partial charge is 0.310 e. The number of carboxylic acids is 2. The summed E-state index contributed by atoms with van der Waals surface area (Å²) in [6.45, 7) is 3.29. The molecule has 4 nitrogen and oxygen atoms in total. The van der Waals surface area contributed by atoms with Crippen LogP contribution in [0.25, 0.3) is 0 Å². The molecule has 0 spiro atoms. The number of rotatable bonds is 4. The maximum atomic E-state index is 10.6. The SMILES string of the molecule is CC(C(=O)O)c1ccc(Cl)cc1.CC(C(=O)O)c1ccc(Cl)cc1. The second-order valence-electron chi connectivity index (χ2n) is 5.22. The van der Waals surface area contributed by atoms with Gasteiger partial charge in [0.15, 0.2) is 0 Å². The van der Waals surface area contributed by atoms with Gasteiger partial charge in [-0.05, 0) is 49.2 Å². The van der Waals surface area contributed by atoms with Gasteiger partial charge in [-0.15, -0.1) is 0 Å². The van der Waals surface area contributed by atoms with E-state index >= 15 is 0 Å². The molecule has 0 amide bonds. The number of carbonyl (C=O) groups is 2. The van der Waals surface area contributed by atoms with Crippen molar-refractivity contribution in [2.45, 2.75) is 25.7 Å². The largest absolute Gasteiger partial charge is 0.481 e. The van der Waals surface area contributed by atoms with Crippen molar-refractivity contribution in [3.8, 4) is 0 Å². The molecule has 0 aliphatic rings. The lowest BCUT2D eigenvalue weighted by atomic mass is 10.0. The molecule has 2 rings (SSSR count). The van der Waals surface area contributed by atoms with Gasteiger partial charge in [-0.3, -0.25) is 9.59 Å². The highest BCUT2D eigenvalue weighted by molar-refractivity contribution is 6.30. The fourth-order valence-electron chi connectivity index (χ4n) is 1.79. The van der Waals surface area contributed by atoms with Gasteiger partial charge in [0.1, 0.15) is 0 Å². The molecule has 2 aromatic carbocycles. The van der Waals surface area contributed by atoms with Crippen molar-refractivity contribution in [3.63, 3.8) is 0 Å². The first-order chi connectivity index (χ1) is 11.2. The lowest BCUT2D eigenvalue weighted by Crippen LogP contribution is -2.06. The molecule has 2 N–H and O–H groups in total. The number of hydrogen-bond acceptors (Lipinski definition) is 2. The molecule has 0 bridgehead atoms. The number of benzene rings is 2. The van der Waals surface area contributed by atoms with Crippen LogP contribution in [0.2, 0.25) is 10.0 Å². The summed E-state index contributed by atoms with van der Waals surface area (Å²) < 4.78 is 0. The first-order valence-corrected chi connectivity index (χ1v) is 7.94. The Bertz CT molecular complexity index is 620. The Morgan fingerprint density at radius 1 is 0.708 bits per heavy atom. The van der Waals surface area contributed by atoms with Crippen molar-refractivity contribution in [1.29, 1.82) is 0 Å². The summed E-state index contributed by atoms with van der Waals surface area (Å²) >= 11 is 11.3. The van der Waals surface area contributed by atoms with Crippen LogP contribution in [0.3, 0.4) is 0 Å². The van der Waals surface area contributed by atoms with Crippen LogP contribution in [-0.4, -0.2) is 22.2 Å². The summed E-state index contributed by atoms with van der Waals surface area (Å²) in [5.74, 6) is -2.58. The molecule has 0 saturated carbocycles. The molecule has 128 valence electrons. The summed E-state index contributed by atoms with van der Waals surface area (Å²) in [6.07, 6.45) is 0. The van der Waals surface area contributed by atoms with E-state index in [4.69, 9.17) is 33.4 Å². The van der Waals surface area contributed by atoms with Crippen LogP contribution >= 0.6 is 23.2 Å². The van der Waals surface area contributed by atoms with E-state index in [1.54, 1.807) is 62.4 Å². The van der Waals surface area contributed by atoms with Gasteiger partial charge in [-0.25, -0.2) is 0 Å². The molecule has 2 unspecified atom stereocenters. The predicted octanol–water partition coefficient (Wildman–Crippen LogP) is 5.06. The van der Waals surface area contributed by atoms with E-state index in [9.17, 15) is 9.59 Å². The monoisotopic (exact) mass is 368 g/mol. The molecule has 0 fully saturated rings. The number of hydrogen-bond donors (Lipinski definition) is 2. The molecule has 0 aliphatic heterocycles. The minimum absolute atomic E-state index is 0.470. The highest BCUT2D eigenvalue weighted by Gasteiger charge is 2.13. The molecular formula is C18H18Cl2O4. The first-order valence-electron chi connectivity index (χ1n) is 7.19. The summed E-state index contributed by atoms with van der Waals surface area (Å²) in [5.41, 5.74) is 1.54. The van der Waals surface area contributed by atoms with Crippen molar-refractivity contribution in [3.05, 3.63) is 69.7 Å². The minimum Gasteiger partial charge on any atom is -0.481 e. The molecule has 0 radical (unpaired) electrons. The standard InChI is InChI=1S/2C9H9ClO2/c2*1-6(9(11)12)7-2-4-8(10)5-3-7/h2*2-6H,1H3,(H,11,12). The Morgan fingerprint density at radius 3 is 1.17 bits per heavy atom. The molecule has 0 aromatic heterocycles.